The van der Waals surface area contributed by atoms with Gasteiger partial charge in [-0.15, -0.1) is 0 Å². The molecule has 3 aromatic carbocycles. The van der Waals surface area contributed by atoms with E-state index in [1.807, 2.05) is 24.3 Å². The van der Waals surface area contributed by atoms with Crippen molar-refractivity contribution in [1.82, 2.24) is 0 Å². The molecular formula is C23H16Br2FNO2. The predicted molar refractivity (Wildman–Crippen MR) is 119 cm³/mol. The number of nitriles is 1. The van der Waals surface area contributed by atoms with Crippen molar-refractivity contribution in [2.45, 2.75) is 6.61 Å². The molecule has 0 saturated heterocycles. The van der Waals surface area contributed by atoms with E-state index in [-0.39, 0.29) is 12.4 Å². The highest BCUT2D eigenvalue weighted by Gasteiger charge is 2.11. The number of benzene rings is 3. The highest BCUT2D eigenvalue weighted by Crippen LogP contribution is 2.36. The van der Waals surface area contributed by atoms with E-state index in [0.29, 0.717) is 17.1 Å². The maximum absolute atomic E-state index is 13.0. The van der Waals surface area contributed by atoms with E-state index in [1.165, 1.54) is 12.1 Å². The fourth-order valence-corrected chi connectivity index (χ4v) is 3.50. The van der Waals surface area contributed by atoms with Crippen molar-refractivity contribution in [3.05, 3.63) is 92.1 Å². The first kappa shape index (κ1) is 21.1. The number of rotatable bonds is 6. The second kappa shape index (κ2) is 9.73. The van der Waals surface area contributed by atoms with Gasteiger partial charge in [0.1, 0.15) is 12.4 Å². The lowest BCUT2D eigenvalue weighted by Gasteiger charge is -2.13. The van der Waals surface area contributed by atoms with Gasteiger partial charge in [0.15, 0.2) is 11.5 Å². The molecule has 0 fully saturated rings. The smallest absolute Gasteiger partial charge is 0.162 e. The Morgan fingerprint density at radius 3 is 2.48 bits per heavy atom. The molecule has 3 aromatic rings. The first-order valence-electron chi connectivity index (χ1n) is 8.62. The van der Waals surface area contributed by atoms with Crippen molar-refractivity contribution in [3.8, 4) is 17.6 Å². The number of hydrogen-bond donors (Lipinski definition) is 0. The summed E-state index contributed by atoms with van der Waals surface area (Å²) >= 11 is 6.97. The predicted octanol–water partition coefficient (Wildman–Crippen LogP) is 7.00. The van der Waals surface area contributed by atoms with Crippen LogP contribution in [0.1, 0.15) is 16.7 Å². The summed E-state index contributed by atoms with van der Waals surface area (Å²) in [6, 6.07) is 19.5. The molecule has 0 N–H and O–H groups in total. The Morgan fingerprint density at radius 2 is 1.83 bits per heavy atom. The zero-order chi connectivity index (χ0) is 20.8. The standard InChI is InChI=1S/C23H16Br2FNO2/c1-28-22-11-17(9-18(13-27)16-3-2-4-19(24)10-16)21(25)12-23(22)29-14-15-5-7-20(26)8-6-15/h2-12H,14H2,1H3/b18-9+. The van der Waals surface area contributed by atoms with E-state index < -0.39 is 0 Å². The molecule has 0 unspecified atom stereocenters. The van der Waals surface area contributed by atoms with Crippen LogP contribution in [0.4, 0.5) is 4.39 Å². The van der Waals surface area contributed by atoms with Crippen molar-refractivity contribution < 1.29 is 13.9 Å². The quantitative estimate of drug-likeness (QED) is 0.261. The van der Waals surface area contributed by atoms with Gasteiger partial charge in [0.25, 0.3) is 0 Å². The third-order valence-corrected chi connectivity index (χ3v) is 5.33. The summed E-state index contributed by atoms with van der Waals surface area (Å²) in [4.78, 5) is 0. The maximum Gasteiger partial charge on any atom is 0.162 e. The molecule has 29 heavy (non-hydrogen) atoms. The molecular weight excluding hydrogens is 501 g/mol. The largest absolute Gasteiger partial charge is 0.493 e. The Balaban J connectivity index is 1.89. The molecule has 0 spiro atoms. The molecule has 0 saturated carbocycles. The summed E-state index contributed by atoms with van der Waals surface area (Å²) in [5, 5.41) is 9.60. The summed E-state index contributed by atoms with van der Waals surface area (Å²) in [7, 11) is 1.56. The SMILES string of the molecule is COc1cc(/C=C(\C#N)c2cccc(Br)c2)c(Br)cc1OCc1ccc(F)cc1. The molecule has 0 aliphatic rings. The molecule has 0 amide bonds. The number of methoxy groups -OCH3 is 1. The normalized spacial score (nSPS) is 11.1. The Morgan fingerprint density at radius 1 is 1.07 bits per heavy atom. The monoisotopic (exact) mass is 515 g/mol. The third kappa shape index (κ3) is 5.47. The first-order chi connectivity index (χ1) is 14.0. The Bertz CT molecular complexity index is 1090. The van der Waals surface area contributed by atoms with E-state index >= 15 is 0 Å². The maximum atomic E-state index is 13.0. The summed E-state index contributed by atoms with van der Waals surface area (Å²) in [5.74, 6) is 0.791. The fraction of sp³-hybridized carbons (Fsp3) is 0.0870. The van der Waals surface area contributed by atoms with Crippen LogP contribution >= 0.6 is 31.9 Å². The minimum absolute atomic E-state index is 0.278. The minimum atomic E-state index is -0.288. The van der Waals surface area contributed by atoms with Crippen molar-refractivity contribution in [2.24, 2.45) is 0 Å². The van der Waals surface area contributed by atoms with Crippen molar-refractivity contribution in [2.75, 3.05) is 7.11 Å². The van der Waals surface area contributed by atoms with Crippen LogP contribution in [0.2, 0.25) is 0 Å². The van der Waals surface area contributed by atoms with Gasteiger partial charge in [0.05, 0.1) is 18.8 Å². The molecule has 0 atom stereocenters. The van der Waals surface area contributed by atoms with Crippen LogP contribution in [-0.4, -0.2) is 7.11 Å². The van der Waals surface area contributed by atoms with Crippen molar-refractivity contribution in [3.63, 3.8) is 0 Å². The second-order valence-corrected chi connectivity index (χ2v) is 7.89. The van der Waals surface area contributed by atoms with Gasteiger partial charge in [-0.2, -0.15) is 5.26 Å². The van der Waals surface area contributed by atoms with Gasteiger partial charge in [-0.25, -0.2) is 4.39 Å². The highest BCUT2D eigenvalue weighted by molar-refractivity contribution is 9.10. The Hall–Kier alpha value is -2.62. The first-order valence-corrected chi connectivity index (χ1v) is 10.2. The molecule has 0 aliphatic carbocycles. The van der Waals surface area contributed by atoms with E-state index in [2.05, 4.69) is 37.9 Å². The topological polar surface area (TPSA) is 42.2 Å². The van der Waals surface area contributed by atoms with Crippen LogP contribution in [0.15, 0.2) is 69.6 Å². The number of allylic oxidation sites excluding steroid dienone is 1. The average Bonchev–Trinajstić information content (AvgIpc) is 2.72. The Kier molecular flexibility index (Phi) is 7.08. The van der Waals surface area contributed by atoms with E-state index in [4.69, 9.17) is 9.47 Å². The van der Waals surface area contributed by atoms with Crippen LogP contribution in [0.25, 0.3) is 11.6 Å². The number of nitrogens with zero attached hydrogens (tertiary/aromatic N) is 1. The van der Waals surface area contributed by atoms with Gasteiger partial charge in [0, 0.05) is 8.95 Å². The highest BCUT2D eigenvalue weighted by atomic mass is 79.9. The van der Waals surface area contributed by atoms with Crippen LogP contribution < -0.4 is 9.47 Å². The molecule has 0 aliphatic heterocycles. The number of halogens is 3. The van der Waals surface area contributed by atoms with Gasteiger partial charge >= 0.3 is 0 Å². The van der Waals surface area contributed by atoms with Crippen molar-refractivity contribution in [1.29, 1.82) is 5.26 Å². The summed E-state index contributed by atoms with van der Waals surface area (Å²) < 4.78 is 26.0. The molecule has 3 rings (SSSR count). The van der Waals surface area contributed by atoms with E-state index in [1.54, 1.807) is 37.5 Å². The van der Waals surface area contributed by atoms with Crippen LogP contribution in [0.3, 0.4) is 0 Å². The molecule has 0 radical (unpaired) electrons. The third-order valence-electron chi connectivity index (χ3n) is 4.15. The van der Waals surface area contributed by atoms with Gasteiger partial charge < -0.3 is 9.47 Å². The molecule has 146 valence electrons. The van der Waals surface area contributed by atoms with Gasteiger partial charge in [0.2, 0.25) is 0 Å². The van der Waals surface area contributed by atoms with Crippen LogP contribution in [-0.2, 0) is 6.61 Å². The molecule has 6 heteroatoms. The zero-order valence-electron chi connectivity index (χ0n) is 15.5. The summed E-state index contributed by atoms with van der Waals surface area (Å²) in [6.45, 7) is 0.278. The van der Waals surface area contributed by atoms with E-state index in [9.17, 15) is 9.65 Å². The van der Waals surface area contributed by atoms with Gasteiger partial charge in [-0.05, 0) is 59.2 Å². The van der Waals surface area contributed by atoms with Gasteiger partial charge in [-0.3, -0.25) is 0 Å². The summed E-state index contributed by atoms with van der Waals surface area (Å²) in [5.41, 5.74) is 2.96. The number of ether oxygens (including phenoxy) is 2. The number of hydrogen-bond acceptors (Lipinski definition) is 3. The lowest BCUT2D eigenvalue weighted by molar-refractivity contribution is 0.284. The van der Waals surface area contributed by atoms with E-state index in [0.717, 1.165) is 25.6 Å². The Labute approximate surface area is 185 Å². The molecule has 3 nitrogen and oxygen atoms in total. The zero-order valence-corrected chi connectivity index (χ0v) is 18.6. The average molecular weight is 517 g/mol. The molecule has 0 aromatic heterocycles. The lowest BCUT2D eigenvalue weighted by atomic mass is 10.0. The molecule has 0 heterocycles. The van der Waals surface area contributed by atoms with Crippen molar-refractivity contribution >= 4 is 43.5 Å². The second-order valence-electron chi connectivity index (χ2n) is 6.12. The fourth-order valence-electron chi connectivity index (χ4n) is 2.67. The summed E-state index contributed by atoms with van der Waals surface area (Å²) in [6.07, 6.45) is 1.79. The van der Waals surface area contributed by atoms with Crippen LogP contribution in [0.5, 0.6) is 11.5 Å². The van der Waals surface area contributed by atoms with Gasteiger partial charge in [-0.1, -0.05) is 56.1 Å². The van der Waals surface area contributed by atoms with Crippen LogP contribution in [0, 0.1) is 17.1 Å². The minimum Gasteiger partial charge on any atom is -0.493 e. The lowest BCUT2D eigenvalue weighted by Crippen LogP contribution is -1.98. The molecule has 0 bridgehead atoms.